The van der Waals surface area contributed by atoms with Crippen LogP contribution in [0.3, 0.4) is 0 Å². The fourth-order valence-corrected chi connectivity index (χ4v) is 2.06. The zero-order valence-corrected chi connectivity index (χ0v) is 9.29. The molecule has 2 aromatic rings. The van der Waals surface area contributed by atoms with Crippen LogP contribution in [-0.4, -0.2) is 13.6 Å². The van der Waals surface area contributed by atoms with Crippen molar-refractivity contribution in [3.8, 4) is 0 Å². The number of furan rings is 1. The van der Waals surface area contributed by atoms with Gasteiger partial charge in [-0.1, -0.05) is 25.1 Å². The summed E-state index contributed by atoms with van der Waals surface area (Å²) in [5.74, 6) is 0.532. The highest BCUT2D eigenvalue weighted by molar-refractivity contribution is 5.80. The maximum Gasteiger partial charge on any atom is 0.137 e. The van der Waals surface area contributed by atoms with Gasteiger partial charge in [0.15, 0.2) is 0 Å². The van der Waals surface area contributed by atoms with Gasteiger partial charge in [0.25, 0.3) is 0 Å². The lowest BCUT2D eigenvalue weighted by molar-refractivity contribution is 0.578. The fraction of sp³-hybridized carbons (Fsp3) is 0.385. The van der Waals surface area contributed by atoms with Crippen molar-refractivity contribution in [2.45, 2.75) is 19.3 Å². The van der Waals surface area contributed by atoms with E-state index in [9.17, 15) is 0 Å². The first-order chi connectivity index (χ1) is 7.36. The Morgan fingerprint density at radius 3 is 2.93 bits per heavy atom. The molecule has 0 spiro atoms. The molecule has 0 aliphatic rings. The molecule has 1 N–H and O–H groups in total. The third-order valence-corrected chi connectivity index (χ3v) is 2.89. The van der Waals surface area contributed by atoms with Crippen LogP contribution in [0.1, 0.15) is 24.8 Å². The van der Waals surface area contributed by atoms with Crippen molar-refractivity contribution >= 4 is 11.0 Å². The van der Waals surface area contributed by atoms with Crippen LogP contribution in [0.25, 0.3) is 11.0 Å². The molecule has 0 aliphatic heterocycles. The molecule has 0 bridgehead atoms. The maximum atomic E-state index is 5.55. The second-order valence-electron chi connectivity index (χ2n) is 3.85. The Bertz CT molecular complexity index is 433. The summed E-state index contributed by atoms with van der Waals surface area (Å²) in [7, 11) is 1.99. The van der Waals surface area contributed by atoms with Crippen molar-refractivity contribution in [2.75, 3.05) is 13.6 Å². The number of rotatable bonds is 4. The predicted octanol–water partition coefficient (Wildman–Crippen LogP) is 3.15. The number of fused-ring (bicyclic) bond motifs is 1. The highest BCUT2D eigenvalue weighted by atomic mass is 16.3. The van der Waals surface area contributed by atoms with E-state index in [0.29, 0.717) is 5.92 Å². The van der Waals surface area contributed by atoms with Gasteiger partial charge in [0.05, 0.1) is 6.26 Å². The highest BCUT2D eigenvalue weighted by Crippen LogP contribution is 2.27. The average Bonchev–Trinajstić information content (AvgIpc) is 2.73. The van der Waals surface area contributed by atoms with Crippen molar-refractivity contribution in [2.24, 2.45) is 0 Å². The van der Waals surface area contributed by atoms with Gasteiger partial charge < -0.3 is 9.73 Å². The first kappa shape index (κ1) is 10.2. The zero-order valence-electron chi connectivity index (χ0n) is 9.29. The Morgan fingerprint density at radius 2 is 2.20 bits per heavy atom. The minimum absolute atomic E-state index is 0.532. The standard InChI is InChI=1S/C13H17NO/c1-3-10(9-14-2)12-6-4-5-11-7-8-15-13(11)12/h4-8,10,14H,3,9H2,1-2H3. The molecule has 2 nitrogen and oxygen atoms in total. The van der Waals surface area contributed by atoms with E-state index < -0.39 is 0 Å². The first-order valence-corrected chi connectivity index (χ1v) is 5.47. The van der Waals surface area contributed by atoms with Crippen molar-refractivity contribution in [1.82, 2.24) is 5.32 Å². The number of para-hydroxylation sites is 1. The van der Waals surface area contributed by atoms with Crippen LogP contribution in [0.2, 0.25) is 0 Å². The summed E-state index contributed by atoms with van der Waals surface area (Å²) in [4.78, 5) is 0. The average molecular weight is 203 g/mol. The molecule has 0 saturated heterocycles. The molecule has 80 valence electrons. The molecular formula is C13H17NO. The lowest BCUT2D eigenvalue weighted by Gasteiger charge is -2.14. The minimum Gasteiger partial charge on any atom is -0.464 e. The Labute approximate surface area is 90.3 Å². The van der Waals surface area contributed by atoms with E-state index in [1.54, 1.807) is 6.26 Å². The minimum atomic E-state index is 0.532. The molecule has 1 atom stereocenters. The predicted molar refractivity (Wildman–Crippen MR) is 63.2 cm³/mol. The Hall–Kier alpha value is -1.28. The third kappa shape index (κ3) is 1.90. The second-order valence-corrected chi connectivity index (χ2v) is 3.85. The van der Waals surface area contributed by atoms with Crippen LogP contribution in [-0.2, 0) is 0 Å². The quantitative estimate of drug-likeness (QED) is 0.825. The van der Waals surface area contributed by atoms with Gasteiger partial charge in [0, 0.05) is 11.9 Å². The van der Waals surface area contributed by atoms with E-state index in [-0.39, 0.29) is 0 Å². The van der Waals surface area contributed by atoms with Gasteiger partial charge in [-0.25, -0.2) is 0 Å². The van der Waals surface area contributed by atoms with Crippen molar-refractivity contribution in [3.63, 3.8) is 0 Å². The van der Waals surface area contributed by atoms with Crippen LogP contribution in [0.4, 0.5) is 0 Å². The van der Waals surface area contributed by atoms with Gasteiger partial charge in [-0.05, 0) is 31.0 Å². The Balaban J connectivity index is 2.44. The monoisotopic (exact) mass is 203 g/mol. The molecular weight excluding hydrogens is 186 g/mol. The number of likely N-dealkylation sites (N-methyl/N-ethyl adjacent to an activating group) is 1. The topological polar surface area (TPSA) is 25.2 Å². The summed E-state index contributed by atoms with van der Waals surface area (Å²) in [5.41, 5.74) is 2.36. The normalized spacial score (nSPS) is 13.2. The summed E-state index contributed by atoms with van der Waals surface area (Å²) in [6.07, 6.45) is 2.89. The van der Waals surface area contributed by atoms with Crippen LogP contribution < -0.4 is 5.32 Å². The van der Waals surface area contributed by atoms with E-state index in [4.69, 9.17) is 4.42 Å². The molecule has 1 aromatic carbocycles. The molecule has 15 heavy (non-hydrogen) atoms. The van der Waals surface area contributed by atoms with Crippen LogP contribution >= 0.6 is 0 Å². The molecule has 2 heteroatoms. The molecule has 2 rings (SSSR count). The van der Waals surface area contributed by atoms with Crippen LogP contribution in [0, 0.1) is 0 Å². The smallest absolute Gasteiger partial charge is 0.137 e. The Morgan fingerprint density at radius 1 is 1.33 bits per heavy atom. The van der Waals surface area contributed by atoms with E-state index >= 15 is 0 Å². The van der Waals surface area contributed by atoms with Crippen molar-refractivity contribution in [3.05, 3.63) is 36.1 Å². The molecule has 0 saturated carbocycles. The van der Waals surface area contributed by atoms with Crippen LogP contribution in [0.15, 0.2) is 34.9 Å². The summed E-state index contributed by atoms with van der Waals surface area (Å²) in [6, 6.07) is 8.38. The summed E-state index contributed by atoms with van der Waals surface area (Å²) < 4.78 is 5.55. The van der Waals surface area contributed by atoms with Gasteiger partial charge in [-0.2, -0.15) is 0 Å². The first-order valence-electron chi connectivity index (χ1n) is 5.47. The van der Waals surface area contributed by atoms with E-state index in [1.165, 1.54) is 10.9 Å². The number of benzene rings is 1. The molecule has 1 aromatic heterocycles. The lowest BCUT2D eigenvalue weighted by atomic mass is 9.95. The summed E-state index contributed by atoms with van der Waals surface area (Å²) in [5, 5.41) is 4.43. The number of hydrogen-bond acceptors (Lipinski definition) is 2. The van der Waals surface area contributed by atoms with Crippen molar-refractivity contribution < 1.29 is 4.42 Å². The lowest BCUT2D eigenvalue weighted by Crippen LogP contribution is -2.16. The van der Waals surface area contributed by atoms with Gasteiger partial charge in [-0.15, -0.1) is 0 Å². The van der Waals surface area contributed by atoms with Gasteiger partial charge in [-0.3, -0.25) is 0 Å². The highest BCUT2D eigenvalue weighted by Gasteiger charge is 2.13. The summed E-state index contributed by atoms with van der Waals surface area (Å²) in [6.45, 7) is 3.21. The Kier molecular flexibility index (Phi) is 3.07. The van der Waals surface area contributed by atoms with E-state index in [1.807, 2.05) is 13.1 Å². The molecule has 0 radical (unpaired) electrons. The summed E-state index contributed by atoms with van der Waals surface area (Å²) >= 11 is 0. The molecule has 1 unspecified atom stereocenters. The molecule has 0 fully saturated rings. The number of nitrogens with one attached hydrogen (secondary N) is 1. The second kappa shape index (κ2) is 4.49. The van der Waals surface area contributed by atoms with Gasteiger partial charge in [0.1, 0.15) is 5.58 Å². The maximum absolute atomic E-state index is 5.55. The fourth-order valence-electron chi connectivity index (χ4n) is 2.06. The van der Waals surface area contributed by atoms with Gasteiger partial charge >= 0.3 is 0 Å². The zero-order chi connectivity index (χ0) is 10.7. The largest absolute Gasteiger partial charge is 0.464 e. The number of hydrogen-bond donors (Lipinski definition) is 1. The SMILES string of the molecule is CCC(CNC)c1cccc2ccoc12. The van der Waals surface area contributed by atoms with Crippen LogP contribution in [0.5, 0.6) is 0 Å². The van der Waals surface area contributed by atoms with E-state index in [0.717, 1.165) is 18.5 Å². The third-order valence-electron chi connectivity index (χ3n) is 2.89. The van der Waals surface area contributed by atoms with Gasteiger partial charge in [0.2, 0.25) is 0 Å². The van der Waals surface area contributed by atoms with E-state index in [2.05, 4.69) is 30.4 Å². The molecule has 0 amide bonds. The molecule has 0 aliphatic carbocycles. The molecule has 1 heterocycles. The van der Waals surface area contributed by atoms with Crippen molar-refractivity contribution in [1.29, 1.82) is 0 Å².